The van der Waals surface area contributed by atoms with Gasteiger partial charge in [-0.3, -0.25) is 9.69 Å². The molecule has 0 aromatic rings. The Labute approximate surface area is 127 Å². The molecule has 1 atom stereocenters. The minimum Gasteiger partial charge on any atom is -0.381 e. The monoisotopic (exact) mass is 313 g/mol. The summed E-state index contributed by atoms with van der Waals surface area (Å²) in [7, 11) is 0. The molecule has 0 aliphatic carbocycles. The van der Waals surface area contributed by atoms with E-state index in [0.29, 0.717) is 6.04 Å². The second-order valence-electron chi connectivity index (χ2n) is 4.99. The fourth-order valence-corrected chi connectivity index (χ4v) is 2.65. The first kappa shape index (κ1) is 18.9. The fourth-order valence-electron chi connectivity index (χ4n) is 2.65. The van der Waals surface area contributed by atoms with E-state index in [2.05, 4.69) is 4.90 Å². The SMILES string of the molecule is C[C@@H](N)C(=O)N1CCN(C2CCOCC2)CC1.Cl.Cl. The van der Waals surface area contributed by atoms with Crippen molar-refractivity contribution in [2.75, 3.05) is 39.4 Å². The summed E-state index contributed by atoms with van der Waals surface area (Å²) in [6.45, 7) is 7.10. The van der Waals surface area contributed by atoms with Crippen molar-refractivity contribution in [3.05, 3.63) is 0 Å². The molecule has 5 nitrogen and oxygen atoms in total. The van der Waals surface area contributed by atoms with E-state index in [9.17, 15) is 4.79 Å². The van der Waals surface area contributed by atoms with Crippen LogP contribution in [0, 0.1) is 0 Å². The average Bonchev–Trinajstić information content (AvgIpc) is 2.39. The third kappa shape index (κ3) is 5.08. The third-order valence-electron chi connectivity index (χ3n) is 3.72. The number of ether oxygens (including phenoxy) is 1. The topological polar surface area (TPSA) is 58.8 Å². The van der Waals surface area contributed by atoms with Gasteiger partial charge in [-0.1, -0.05) is 0 Å². The van der Waals surface area contributed by atoms with E-state index < -0.39 is 0 Å². The number of hydrogen-bond donors (Lipinski definition) is 1. The minimum absolute atomic E-state index is 0. The molecule has 2 aliphatic heterocycles. The molecule has 2 aliphatic rings. The van der Waals surface area contributed by atoms with Crippen molar-refractivity contribution in [1.82, 2.24) is 9.80 Å². The summed E-state index contributed by atoms with van der Waals surface area (Å²) in [6, 6.07) is 0.279. The molecule has 0 unspecified atom stereocenters. The van der Waals surface area contributed by atoms with E-state index in [1.54, 1.807) is 6.92 Å². The van der Waals surface area contributed by atoms with Crippen LogP contribution >= 0.6 is 24.8 Å². The van der Waals surface area contributed by atoms with Gasteiger partial charge in [0.1, 0.15) is 0 Å². The minimum atomic E-state index is -0.371. The number of rotatable bonds is 2. The van der Waals surface area contributed by atoms with Gasteiger partial charge in [-0.05, 0) is 19.8 Å². The smallest absolute Gasteiger partial charge is 0.239 e. The van der Waals surface area contributed by atoms with Gasteiger partial charge in [-0.25, -0.2) is 0 Å². The van der Waals surface area contributed by atoms with E-state index in [1.165, 1.54) is 0 Å². The molecule has 0 saturated carbocycles. The number of halogens is 2. The molecule has 0 bridgehead atoms. The van der Waals surface area contributed by atoms with Crippen molar-refractivity contribution in [1.29, 1.82) is 0 Å². The van der Waals surface area contributed by atoms with Crippen molar-refractivity contribution in [2.24, 2.45) is 5.73 Å². The van der Waals surface area contributed by atoms with E-state index >= 15 is 0 Å². The van der Waals surface area contributed by atoms with Crippen LogP contribution in [0.4, 0.5) is 0 Å². The highest BCUT2D eigenvalue weighted by Crippen LogP contribution is 2.16. The van der Waals surface area contributed by atoms with Crippen LogP contribution < -0.4 is 5.73 Å². The van der Waals surface area contributed by atoms with E-state index in [4.69, 9.17) is 10.5 Å². The Morgan fingerprint density at radius 3 is 2.16 bits per heavy atom. The molecule has 0 aromatic carbocycles. The largest absolute Gasteiger partial charge is 0.381 e. The van der Waals surface area contributed by atoms with Gasteiger partial charge in [0.25, 0.3) is 0 Å². The highest BCUT2D eigenvalue weighted by molar-refractivity contribution is 5.85. The van der Waals surface area contributed by atoms with Crippen molar-refractivity contribution < 1.29 is 9.53 Å². The maximum Gasteiger partial charge on any atom is 0.239 e. The van der Waals surface area contributed by atoms with Gasteiger partial charge in [0.15, 0.2) is 0 Å². The number of nitrogens with two attached hydrogens (primary N) is 1. The van der Waals surface area contributed by atoms with Crippen LogP contribution in [0.25, 0.3) is 0 Å². The molecule has 2 N–H and O–H groups in total. The summed E-state index contributed by atoms with van der Waals surface area (Å²) in [5, 5.41) is 0. The molecule has 19 heavy (non-hydrogen) atoms. The summed E-state index contributed by atoms with van der Waals surface area (Å²) >= 11 is 0. The highest BCUT2D eigenvalue weighted by Gasteiger charge is 2.27. The molecule has 1 amide bonds. The Bertz CT molecular complexity index is 266. The van der Waals surface area contributed by atoms with E-state index in [1.807, 2.05) is 4.90 Å². The summed E-state index contributed by atoms with van der Waals surface area (Å²) < 4.78 is 5.37. The third-order valence-corrected chi connectivity index (χ3v) is 3.72. The van der Waals surface area contributed by atoms with E-state index in [-0.39, 0.29) is 36.8 Å². The number of amides is 1. The Balaban J connectivity index is 0.00000162. The van der Waals surface area contributed by atoms with Gasteiger partial charge in [0.05, 0.1) is 6.04 Å². The lowest BCUT2D eigenvalue weighted by Crippen LogP contribution is -2.55. The molecule has 2 saturated heterocycles. The Kier molecular flexibility index (Phi) is 8.94. The zero-order chi connectivity index (χ0) is 12.3. The molecule has 0 radical (unpaired) electrons. The predicted octanol–water partition coefficient (Wildman–Crippen LogP) is 0.500. The lowest BCUT2D eigenvalue weighted by molar-refractivity contribution is -0.134. The number of carbonyl (C=O) groups excluding carboxylic acids is 1. The summed E-state index contributed by atoms with van der Waals surface area (Å²) in [4.78, 5) is 16.1. The quantitative estimate of drug-likeness (QED) is 0.806. The maximum absolute atomic E-state index is 11.7. The molecular weight excluding hydrogens is 289 g/mol. The standard InChI is InChI=1S/C12H23N3O2.2ClH/c1-10(13)12(16)15-6-4-14(5-7-15)11-2-8-17-9-3-11;;/h10-11H,2-9,13H2,1H3;2*1H/t10-;;/m1../s1. The summed E-state index contributed by atoms with van der Waals surface area (Å²) in [6.07, 6.45) is 2.25. The number of hydrogen-bond acceptors (Lipinski definition) is 4. The molecule has 7 heteroatoms. The summed E-state index contributed by atoms with van der Waals surface area (Å²) in [5.74, 6) is 0.0802. The normalized spacial score (nSPS) is 23.2. The summed E-state index contributed by atoms with van der Waals surface area (Å²) in [5.41, 5.74) is 5.62. The number of piperazine rings is 1. The van der Waals surface area contributed by atoms with E-state index in [0.717, 1.165) is 52.2 Å². The zero-order valence-electron chi connectivity index (χ0n) is 11.4. The number of carbonyl (C=O) groups is 1. The Morgan fingerprint density at radius 2 is 1.68 bits per heavy atom. The molecule has 2 heterocycles. The Hall–Kier alpha value is -0.0700. The van der Waals surface area contributed by atoms with Gasteiger partial charge in [0, 0.05) is 45.4 Å². The van der Waals surface area contributed by atoms with Gasteiger partial charge in [0.2, 0.25) is 5.91 Å². The maximum atomic E-state index is 11.7. The van der Waals surface area contributed by atoms with Crippen LogP contribution in [0.1, 0.15) is 19.8 Å². The second kappa shape index (κ2) is 8.97. The average molecular weight is 314 g/mol. The first-order valence-corrected chi connectivity index (χ1v) is 6.54. The zero-order valence-corrected chi connectivity index (χ0v) is 13.0. The Morgan fingerprint density at radius 1 is 1.16 bits per heavy atom. The molecule has 114 valence electrons. The van der Waals surface area contributed by atoms with Gasteiger partial charge in [-0.15, -0.1) is 24.8 Å². The lowest BCUT2D eigenvalue weighted by atomic mass is 10.1. The van der Waals surface area contributed by atoms with Crippen molar-refractivity contribution in [2.45, 2.75) is 31.8 Å². The van der Waals surface area contributed by atoms with Gasteiger partial charge < -0.3 is 15.4 Å². The van der Waals surface area contributed by atoms with Crippen molar-refractivity contribution in [3.63, 3.8) is 0 Å². The van der Waals surface area contributed by atoms with Crippen LogP contribution in [0.3, 0.4) is 0 Å². The fraction of sp³-hybridized carbons (Fsp3) is 0.917. The van der Waals surface area contributed by atoms with Crippen LogP contribution in [0.5, 0.6) is 0 Å². The molecule has 2 fully saturated rings. The van der Waals surface area contributed by atoms with Gasteiger partial charge >= 0.3 is 0 Å². The van der Waals surface area contributed by atoms with Crippen molar-refractivity contribution in [3.8, 4) is 0 Å². The first-order chi connectivity index (χ1) is 8.18. The number of nitrogens with zero attached hydrogens (tertiary/aromatic N) is 2. The van der Waals surface area contributed by atoms with Crippen LogP contribution in [-0.4, -0.2) is 67.2 Å². The highest BCUT2D eigenvalue weighted by atomic mass is 35.5. The molecule has 0 aromatic heterocycles. The van der Waals surface area contributed by atoms with Crippen molar-refractivity contribution >= 4 is 30.7 Å². The predicted molar refractivity (Wildman–Crippen MR) is 80.1 cm³/mol. The van der Waals surface area contributed by atoms with Crippen LogP contribution in [0.15, 0.2) is 0 Å². The van der Waals surface area contributed by atoms with Gasteiger partial charge in [-0.2, -0.15) is 0 Å². The molecule has 2 rings (SSSR count). The van der Waals surface area contributed by atoms with Crippen LogP contribution in [-0.2, 0) is 9.53 Å². The molecular formula is C12H25Cl2N3O2. The lowest BCUT2D eigenvalue weighted by Gasteiger charge is -2.41. The van der Waals surface area contributed by atoms with Crippen LogP contribution in [0.2, 0.25) is 0 Å². The second-order valence-corrected chi connectivity index (χ2v) is 4.99. The molecule has 0 spiro atoms. The first-order valence-electron chi connectivity index (χ1n) is 6.54.